The summed E-state index contributed by atoms with van der Waals surface area (Å²) < 4.78 is 13.4. The number of imidazole rings is 1. The highest BCUT2D eigenvalue weighted by Gasteiger charge is 2.38. The van der Waals surface area contributed by atoms with Crippen molar-refractivity contribution >= 4 is 22.9 Å². The summed E-state index contributed by atoms with van der Waals surface area (Å²) in [5.41, 5.74) is 2.87. The van der Waals surface area contributed by atoms with Crippen molar-refractivity contribution in [1.82, 2.24) is 29.7 Å². The van der Waals surface area contributed by atoms with E-state index in [0.29, 0.717) is 42.6 Å². The van der Waals surface area contributed by atoms with E-state index in [4.69, 9.17) is 24.2 Å². The highest BCUT2D eigenvalue weighted by molar-refractivity contribution is 5.88. The van der Waals surface area contributed by atoms with Crippen LogP contribution in [-0.2, 0) is 11.3 Å². The van der Waals surface area contributed by atoms with E-state index in [0.717, 1.165) is 49.3 Å². The molecule has 2 aliphatic heterocycles. The van der Waals surface area contributed by atoms with Gasteiger partial charge in [0.05, 0.1) is 19.3 Å². The molecule has 8 rings (SSSR count). The van der Waals surface area contributed by atoms with Gasteiger partial charge in [0, 0.05) is 25.7 Å². The number of hydrogen-bond donors (Lipinski definition) is 1. The maximum absolute atomic E-state index is 12.0. The van der Waals surface area contributed by atoms with E-state index in [1.165, 1.54) is 63.4 Å². The van der Waals surface area contributed by atoms with Crippen LogP contribution in [0.3, 0.4) is 0 Å². The Hall–Kier alpha value is -3.73. The topological polar surface area (TPSA) is 118 Å². The van der Waals surface area contributed by atoms with E-state index in [-0.39, 0.29) is 11.9 Å². The molecule has 2 saturated heterocycles. The zero-order chi connectivity index (χ0) is 30.3. The minimum absolute atomic E-state index is 0.0439. The number of aromatic nitrogens is 6. The van der Waals surface area contributed by atoms with Gasteiger partial charge in [0.2, 0.25) is 17.6 Å². The van der Waals surface area contributed by atoms with Crippen LogP contribution in [0.2, 0.25) is 0 Å². The molecular formula is C34H44N8O3. The van der Waals surface area contributed by atoms with Crippen LogP contribution in [-0.4, -0.2) is 62.0 Å². The standard InChI is InChI=1S/C34H44N8O3/c1-22-13-15-23(16-14-22)20-42-28-29(37-33(42)41-18-19-44-21-27(41)25-8-3-2-4-9-25)35-30(31-38-34(43)45-39-31)36-32(28)40-17-6-5-12-26(40)24-10-7-11-24/h2-4,8-9,22-24,26-27H,5-7,10-21H2,1H3,(H,38,39,43)/t22?,23?,26?,27-/m0/s1. The Morgan fingerprint density at radius 3 is 2.51 bits per heavy atom. The van der Waals surface area contributed by atoms with Gasteiger partial charge in [-0.3, -0.25) is 9.51 Å². The average molecular weight is 613 g/mol. The number of fused-ring (bicyclic) bond motifs is 1. The highest BCUT2D eigenvalue weighted by atomic mass is 16.5. The lowest BCUT2D eigenvalue weighted by Gasteiger charge is -2.45. The molecule has 4 fully saturated rings. The van der Waals surface area contributed by atoms with Crippen molar-refractivity contribution in [2.45, 2.75) is 89.8 Å². The monoisotopic (exact) mass is 612 g/mol. The second kappa shape index (κ2) is 12.2. The summed E-state index contributed by atoms with van der Waals surface area (Å²) in [5.74, 6) is 3.86. The summed E-state index contributed by atoms with van der Waals surface area (Å²) >= 11 is 0. The van der Waals surface area contributed by atoms with E-state index < -0.39 is 5.76 Å². The minimum Gasteiger partial charge on any atom is -0.377 e. The first-order valence-electron chi connectivity index (χ1n) is 17.1. The van der Waals surface area contributed by atoms with Crippen LogP contribution in [0.4, 0.5) is 11.8 Å². The summed E-state index contributed by atoms with van der Waals surface area (Å²) in [4.78, 5) is 35.2. The molecule has 238 valence electrons. The number of H-pyrrole nitrogens is 1. The van der Waals surface area contributed by atoms with Gasteiger partial charge in [-0.05, 0) is 68.3 Å². The van der Waals surface area contributed by atoms with Crippen LogP contribution in [0.1, 0.15) is 82.7 Å². The van der Waals surface area contributed by atoms with E-state index in [2.05, 4.69) is 61.8 Å². The van der Waals surface area contributed by atoms with Crippen molar-refractivity contribution in [3.8, 4) is 11.6 Å². The molecule has 2 aliphatic carbocycles. The number of ether oxygens (including phenoxy) is 1. The van der Waals surface area contributed by atoms with Crippen LogP contribution in [0.25, 0.3) is 22.8 Å². The van der Waals surface area contributed by atoms with Crippen molar-refractivity contribution in [2.75, 3.05) is 36.1 Å². The smallest absolute Gasteiger partial charge is 0.377 e. The zero-order valence-electron chi connectivity index (χ0n) is 26.2. The molecule has 4 aromatic rings. The van der Waals surface area contributed by atoms with Gasteiger partial charge in [0.15, 0.2) is 11.5 Å². The van der Waals surface area contributed by atoms with E-state index in [9.17, 15) is 4.79 Å². The van der Waals surface area contributed by atoms with Crippen molar-refractivity contribution < 1.29 is 9.26 Å². The molecule has 0 radical (unpaired) electrons. The van der Waals surface area contributed by atoms with Gasteiger partial charge >= 0.3 is 5.76 Å². The molecular weight excluding hydrogens is 568 g/mol. The molecule has 0 spiro atoms. The number of hydrogen-bond acceptors (Lipinski definition) is 9. The van der Waals surface area contributed by atoms with Crippen molar-refractivity contribution in [2.24, 2.45) is 17.8 Å². The van der Waals surface area contributed by atoms with Crippen LogP contribution < -0.4 is 15.6 Å². The lowest BCUT2D eigenvalue weighted by molar-refractivity contribution is 0.0927. The lowest BCUT2D eigenvalue weighted by Crippen LogP contribution is -2.47. The Labute approximate surface area is 263 Å². The molecule has 11 nitrogen and oxygen atoms in total. The summed E-state index contributed by atoms with van der Waals surface area (Å²) in [7, 11) is 0. The van der Waals surface area contributed by atoms with Crippen LogP contribution in [0.15, 0.2) is 39.6 Å². The van der Waals surface area contributed by atoms with Gasteiger partial charge < -0.3 is 19.1 Å². The Bertz CT molecular complexity index is 1670. The second-order valence-electron chi connectivity index (χ2n) is 13.8. The Morgan fingerprint density at radius 1 is 0.911 bits per heavy atom. The van der Waals surface area contributed by atoms with E-state index in [1.54, 1.807) is 0 Å². The Morgan fingerprint density at radius 2 is 1.76 bits per heavy atom. The number of anilines is 2. The first-order chi connectivity index (χ1) is 22.1. The number of benzene rings is 1. The maximum atomic E-state index is 12.0. The predicted octanol–water partition coefficient (Wildman–Crippen LogP) is 5.73. The van der Waals surface area contributed by atoms with Gasteiger partial charge in [-0.2, -0.15) is 4.98 Å². The second-order valence-corrected chi connectivity index (χ2v) is 13.8. The first kappa shape index (κ1) is 28.7. The predicted molar refractivity (Wildman–Crippen MR) is 172 cm³/mol. The number of nitrogens with one attached hydrogen (secondary N) is 1. The summed E-state index contributed by atoms with van der Waals surface area (Å²) in [6.45, 7) is 6.21. The van der Waals surface area contributed by atoms with E-state index >= 15 is 0 Å². The van der Waals surface area contributed by atoms with Gasteiger partial charge in [0.25, 0.3) is 0 Å². The summed E-state index contributed by atoms with van der Waals surface area (Å²) in [5, 5.41) is 3.98. The molecule has 11 heteroatoms. The van der Waals surface area contributed by atoms with Crippen molar-refractivity contribution in [3.05, 3.63) is 46.4 Å². The fourth-order valence-electron chi connectivity index (χ4n) is 8.13. The molecule has 2 atom stereocenters. The Balaban J connectivity index is 1.32. The molecule has 2 saturated carbocycles. The largest absolute Gasteiger partial charge is 0.439 e. The van der Waals surface area contributed by atoms with Gasteiger partial charge in [0.1, 0.15) is 5.52 Å². The van der Waals surface area contributed by atoms with Gasteiger partial charge in [-0.1, -0.05) is 61.7 Å². The molecule has 0 bridgehead atoms. The fraction of sp³-hybridized carbons (Fsp3) is 0.618. The van der Waals surface area contributed by atoms with Crippen molar-refractivity contribution in [3.63, 3.8) is 0 Å². The number of nitrogens with zero attached hydrogens (tertiary/aromatic N) is 7. The maximum Gasteiger partial charge on any atom is 0.439 e. The average Bonchev–Trinajstić information content (AvgIpc) is 3.65. The molecule has 45 heavy (non-hydrogen) atoms. The molecule has 1 unspecified atom stereocenters. The van der Waals surface area contributed by atoms with E-state index in [1.807, 2.05) is 0 Å². The molecule has 1 N–H and O–H groups in total. The molecule has 5 heterocycles. The van der Waals surface area contributed by atoms with Gasteiger partial charge in [-0.25, -0.2) is 14.8 Å². The first-order valence-corrected chi connectivity index (χ1v) is 17.1. The number of piperidine rings is 1. The normalized spacial score (nSPS) is 26.3. The number of rotatable bonds is 7. The van der Waals surface area contributed by atoms with Crippen LogP contribution in [0.5, 0.6) is 0 Å². The quantitative estimate of drug-likeness (QED) is 0.279. The third-order valence-corrected chi connectivity index (χ3v) is 10.9. The Kier molecular flexibility index (Phi) is 7.80. The molecule has 0 amide bonds. The molecule has 4 aliphatic rings. The highest BCUT2D eigenvalue weighted by Crippen LogP contribution is 2.42. The fourth-order valence-corrected chi connectivity index (χ4v) is 8.13. The third kappa shape index (κ3) is 5.53. The molecule has 3 aromatic heterocycles. The molecule has 1 aromatic carbocycles. The number of morpholine rings is 1. The lowest BCUT2D eigenvalue weighted by atomic mass is 9.76. The summed E-state index contributed by atoms with van der Waals surface area (Å²) in [6, 6.07) is 11.1. The number of aromatic amines is 1. The van der Waals surface area contributed by atoms with Crippen LogP contribution in [0, 0.1) is 17.8 Å². The minimum atomic E-state index is -0.614. The SMILES string of the molecule is CC1CCC(Cn2c(N3CCOC[C@H]3c3ccccc3)nc3nc(-c4noc(=O)[nH]4)nc(N4CCCCC4C4CCC4)c32)CC1. The third-order valence-electron chi connectivity index (χ3n) is 10.9. The van der Waals surface area contributed by atoms with Gasteiger partial charge in [-0.15, -0.1) is 0 Å². The van der Waals surface area contributed by atoms with Crippen molar-refractivity contribution in [1.29, 1.82) is 0 Å². The summed E-state index contributed by atoms with van der Waals surface area (Å²) in [6.07, 6.45) is 12.4. The van der Waals surface area contributed by atoms with Crippen LogP contribution >= 0.6 is 0 Å². The zero-order valence-corrected chi connectivity index (χ0v) is 26.2.